The Labute approximate surface area is 179 Å². The van der Waals surface area contributed by atoms with E-state index >= 15 is 0 Å². The minimum Gasteiger partial charge on any atom is -0.343 e. The third-order valence-corrected chi connectivity index (χ3v) is 5.37. The lowest BCUT2D eigenvalue weighted by Gasteiger charge is -2.26. The van der Waals surface area contributed by atoms with E-state index in [9.17, 15) is 41.7 Å². The number of hydrogen-bond acceptors (Lipinski definition) is 3. The molecule has 0 amide bonds. The number of aliphatic hydroxyl groups is 3. The maximum absolute atomic E-state index is 12.9. The molecule has 0 bridgehead atoms. The van der Waals surface area contributed by atoms with Crippen LogP contribution in [0.15, 0.2) is 18.2 Å². The maximum Gasteiger partial charge on any atom is 0.416 e. The second-order valence-corrected chi connectivity index (χ2v) is 8.10. The third kappa shape index (κ3) is 10.7. The highest BCUT2D eigenvalue weighted by Crippen LogP contribution is 2.36. The standard InChI is InChI=1S/C22H32F6O3/c1-2-3-4-5-6-7-11-17(22(29,30)31)12-9-8-10-16-13-18(20(23,24)25)15-19(14-16)21(26,27)28/h13-15,17,29-31H,2-12H2,1H3. The minimum atomic E-state index is -4.89. The van der Waals surface area contributed by atoms with Gasteiger partial charge in [0.2, 0.25) is 0 Å². The first kappa shape index (κ1) is 27.7. The van der Waals surface area contributed by atoms with Crippen LogP contribution < -0.4 is 0 Å². The van der Waals surface area contributed by atoms with Crippen LogP contribution in [0.1, 0.15) is 87.8 Å². The van der Waals surface area contributed by atoms with E-state index in [1.54, 1.807) is 0 Å². The summed E-state index contributed by atoms with van der Waals surface area (Å²) in [5, 5.41) is 28.6. The van der Waals surface area contributed by atoms with Crippen molar-refractivity contribution in [1.82, 2.24) is 0 Å². The van der Waals surface area contributed by atoms with Crippen molar-refractivity contribution in [3.05, 3.63) is 34.9 Å². The molecule has 0 radical (unpaired) electrons. The summed E-state index contributed by atoms with van der Waals surface area (Å²) < 4.78 is 77.6. The largest absolute Gasteiger partial charge is 0.416 e. The monoisotopic (exact) mass is 458 g/mol. The Bertz CT molecular complexity index is 618. The van der Waals surface area contributed by atoms with Gasteiger partial charge in [0.25, 0.3) is 5.97 Å². The molecule has 0 aromatic heterocycles. The van der Waals surface area contributed by atoms with Gasteiger partial charge < -0.3 is 15.3 Å². The molecule has 31 heavy (non-hydrogen) atoms. The highest BCUT2D eigenvalue weighted by atomic mass is 19.4. The number of aryl methyl sites for hydroxylation is 1. The SMILES string of the molecule is CCCCCCCCC(CCCCc1cc(C(F)(F)F)cc(C(F)(F)F)c1)C(O)(O)O. The number of rotatable bonds is 13. The van der Waals surface area contributed by atoms with E-state index < -0.39 is 35.4 Å². The first-order chi connectivity index (χ1) is 14.2. The minimum absolute atomic E-state index is 0.0218. The number of unbranched alkanes of at least 4 members (excludes halogenated alkanes) is 6. The van der Waals surface area contributed by atoms with Crippen molar-refractivity contribution < 1.29 is 41.7 Å². The van der Waals surface area contributed by atoms with Crippen molar-refractivity contribution in [1.29, 1.82) is 0 Å². The lowest BCUT2D eigenvalue weighted by molar-refractivity contribution is -0.344. The Balaban J connectivity index is 2.63. The summed E-state index contributed by atoms with van der Waals surface area (Å²) >= 11 is 0. The van der Waals surface area contributed by atoms with Crippen molar-refractivity contribution in [2.45, 2.75) is 95.9 Å². The van der Waals surface area contributed by atoms with E-state index in [2.05, 4.69) is 6.92 Å². The highest BCUT2D eigenvalue weighted by molar-refractivity contribution is 5.33. The molecule has 3 N–H and O–H groups in total. The lowest BCUT2D eigenvalue weighted by atomic mass is 9.91. The van der Waals surface area contributed by atoms with Gasteiger partial charge in [-0.25, -0.2) is 0 Å². The Kier molecular flexibility index (Phi) is 10.8. The molecule has 0 spiro atoms. The zero-order valence-electron chi connectivity index (χ0n) is 17.7. The van der Waals surface area contributed by atoms with E-state index in [0.29, 0.717) is 31.4 Å². The summed E-state index contributed by atoms with van der Waals surface area (Å²) in [5.74, 6) is -3.69. The van der Waals surface area contributed by atoms with Gasteiger partial charge in [-0.2, -0.15) is 26.3 Å². The van der Waals surface area contributed by atoms with E-state index in [1.807, 2.05) is 0 Å². The van der Waals surface area contributed by atoms with Crippen LogP contribution in [0.2, 0.25) is 0 Å². The summed E-state index contributed by atoms with van der Waals surface area (Å²) in [5.41, 5.74) is -2.78. The van der Waals surface area contributed by atoms with Gasteiger partial charge in [0.05, 0.1) is 11.1 Å². The number of alkyl halides is 6. The molecule has 9 heteroatoms. The summed E-state index contributed by atoms with van der Waals surface area (Å²) in [6.07, 6.45) is -2.75. The van der Waals surface area contributed by atoms with E-state index in [4.69, 9.17) is 0 Å². The van der Waals surface area contributed by atoms with Crippen LogP contribution in [0.4, 0.5) is 26.3 Å². The molecule has 0 saturated heterocycles. The average Bonchev–Trinajstić information content (AvgIpc) is 2.63. The van der Waals surface area contributed by atoms with E-state index in [-0.39, 0.29) is 30.9 Å². The molecule has 1 unspecified atom stereocenters. The molecule has 1 aromatic carbocycles. The maximum atomic E-state index is 12.9. The van der Waals surface area contributed by atoms with Gasteiger partial charge in [-0.05, 0) is 49.4 Å². The van der Waals surface area contributed by atoms with Gasteiger partial charge in [-0.1, -0.05) is 51.9 Å². The van der Waals surface area contributed by atoms with Crippen LogP contribution in [0.5, 0.6) is 0 Å². The van der Waals surface area contributed by atoms with Crippen molar-refractivity contribution in [2.24, 2.45) is 5.92 Å². The molecule has 180 valence electrons. The van der Waals surface area contributed by atoms with Crippen LogP contribution in [0.3, 0.4) is 0 Å². The molecule has 0 saturated carbocycles. The fourth-order valence-electron chi connectivity index (χ4n) is 3.59. The average molecular weight is 458 g/mol. The topological polar surface area (TPSA) is 60.7 Å². The van der Waals surface area contributed by atoms with Crippen molar-refractivity contribution >= 4 is 0 Å². The van der Waals surface area contributed by atoms with E-state index in [0.717, 1.165) is 32.1 Å². The van der Waals surface area contributed by atoms with Gasteiger partial charge in [-0.15, -0.1) is 0 Å². The predicted molar refractivity (Wildman–Crippen MR) is 105 cm³/mol. The molecule has 1 aromatic rings. The van der Waals surface area contributed by atoms with Crippen LogP contribution in [-0.2, 0) is 18.8 Å². The Hall–Kier alpha value is -1.32. The first-order valence-electron chi connectivity index (χ1n) is 10.7. The van der Waals surface area contributed by atoms with Crippen molar-refractivity contribution in [3.8, 4) is 0 Å². The fraction of sp³-hybridized carbons (Fsp3) is 0.727. The Morgan fingerprint density at radius 2 is 1.13 bits per heavy atom. The van der Waals surface area contributed by atoms with Crippen LogP contribution in [-0.4, -0.2) is 21.3 Å². The Morgan fingerprint density at radius 1 is 0.677 bits per heavy atom. The number of halogens is 6. The predicted octanol–water partition coefficient (Wildman–Crippen LogP) is 6.43. The molecule has 0 aliphatic rings. The second-order valence-electron chi connectivity index (χ2n) is 8.10. The quantitative estimate of drug-likeness (QED) is 0.181. The Morgan fingerprint density at radius 3 is 1.58 bits per heavy atom. The van der Waals surface area contributed by atoms with Crippen molar-refractivity contribution in [3.63, 3.8) is 0 Å². The van der Waals surface area contributed by atoms with Gasteiger partial charge in [0, 0.05) is 5.92 Å². The molecule has 0 aliphatic heterocycles. The second kappa shape index (κ2) is 12.1. The van der Waals surface area contributed by atoms with E-state index in [1.165, 1.54) is 0 Å². The van der Waals surface area contributed by atoms with Crippen LogP contribution in [0.25, 0.3) is 0 Å². The summed E-state index contributed by atoms with van der Waals surface area (Å²) in [6.45, 7) is 2.09. The molecular formula is C22H32F6O3. The summed E-state index contributed by atoms with van der Waals surface area (Å²) in [6, 6.07) is 1.51. The molecule has 0 fully saturated rings. The van der Waals surface area contributed by atoms with Crippen LogP contribution in [0, 0.1) is 5.92 Å². The molecule has 0 heterocycles. The number of benzene rings is 1. The molecule has 3 nitrogen and oxygen atoms in total. The highest BCUT2D eigenvalue weighted by Gasteiger charge is 2.37. The number of hydrogen-bond donors (Lipinski definition) is 3. The summed E-state index contributed by atoms with van der Waals surface area (Å²) in [4.78, 5) is 0. The van der Waals surface area contributed by atoms with Gasteiger partial charge >= 0.3 is 12.4 Å². The molecule has 1 atom stereocenters. The molecule has 0 aliphatic carbocycles. The fourth-order valence-corrected chi connectivity index (χ4v) is 3.59. The smallest absolute Gasteiger partial charge is 0.343 e. The molecular weight excluding hydrogens is 426 g/mol. The van der Waals surface area contributed by atoms with Crippen molar-refractivity contribution in [2.75, 3.05) is 0 Å². The summed E-state index contributed by atoms with van der Waals surface area (Å²) in [7, 11) is 0. The van der Waals surface area contributed by atoms with Gasteiger partial charge in [0.1, 0.15) is 0 Å². The van der Waals surface area contributed by atoms with Gasteiger partial charge in [-0.3, -0.25) is 0 Å². The normalized spacial score (nSPS) is 14.1. The third-order valence-electron chi connectivity index (χ3n) is 5.37. The van der Waals surface area contributed by atoms with Crippen LogP contribution >= 0.6 is 0 Å². The first-order valence-corrected chi connectivity index (χ1v) is 10.7. The zero-order valence-corrected chi connectivity index (χ0v) is 17.7. The van der Waals surface area contributed by atoms with Gasteiger partial charge in [0.15, 0.2) is 0 Å². The molecule has 1 rings (SSSR count). The zero-order chi connectivity index (χ0) is 23.7. The lowest BCUT2D eigenvalue weighted by Crippen LogP contribution is -2.37.